The fourth-order valence-electron chi connectivity index (χ4n) is 3.12. The molecule has 0 bridgehead atoms. The number of thiophene rings is 1. The minimum atomic E-state index is -0.970. The van der Waals surface area contributed by atoms with Gasteiger partial charge in [0.15, 0.2) is 6.61 Å². The van der Waals surface area contributed by atoms with E-state index < -0.39 is 29.3 Å². The number of esters is 1. The van der Waals surface area contributed by atoms with Gasteiger partial charge in [0.05, 0.1) is 16.1 Å². The van der Waals surface area contributed by atoms with Crippen molar-refractivity contribution in [2.45, 2.75) is 25.7 Å². The van der Waals surface area contributed by atoms with E-state index >= 15 is 0 Å². The van der Waals surface area contributed by atoms with E-state index in [9.17, 15) is 24.5 Å². The van der Waals surface area contributed by atoms with Gasteiger partial charge >= 0.3 is 5.97 Å². The number of hydrogen-bond acceptors (Lipinski definition) is 8. The molecule has 0 atom stereocenters. The van der Waals surface area contributed by atoms with Gasteiger partial charge < -0.3 is 21.5 Å². The van der Waals surface area contributed by atoms with Crippen molar-refractivity contribution in [3.63, 3.8) is 0 Å². The van der Waals surface area contributed by atoms with Gasteiger partial charge in [0, 0.05) is 22.7 Å². The van der Waals surface area contributed by atoms with E-state index in [0.717, 1.165) is 48.3 Å². The van der Waals surface area contributed by atoms with Crippen molar-refractivity contribution < 1.29 is 24.0 Å². The first-order valence-corrected chi connectivity index (χ1v) is 9.54. The summed E-state index contributed by atoms with van der Waals surface area (Å²) in [6.07, 6.45) is 3.49. The molecule has 0 fully saturated rings. The highest BCUT2D eigenvalue weighted by molar-refractivity contribution is 7.17. The number of primary amides is 1. The fraction of sp³-hybridized carbons (Fsp3) is 0.278. The Morgan fingerprint density at radius 2 is 1.97 bits per heavy atom. The number of nitrogens with one attached hydrogen (secondary N) is 1. The maximum Gasteiger partial charge on any atom is 0.341 e. The molecule has 152 valence electrons. The quantitative estimate of drug-likeness (QED) is 0.279. The molecular formula is C18H18N4O6S. The number of nitrogens with two attached hydrogens (primary N) is 2. The second-order valence-electron chi connectivity index (χ2n) is 6.43. The van der Waals surface area contributed by atoms with Gasteiger partial charge in [-0.25, -0.2) is 4.79 Å². The fourth-order valence-corrected chi connectivity index (χ4v) is 4.43. The summed E-state index contributed by atoms with van der Waals surface area (Å²) in [5.41, 5.74) is 11.7. The number of aryl methyl sites for hydroxylation is 1. The molecule has 29 heavy (non-hydrogen) atoms. The highest BCUT2D eigenvalue weighted by Gasteiger charge is 2.25. The number of carbonyl (C=O) groups is 3. The van der Waals surface area contributed by atoms with E-state index in [-0.39, 0.29) is 16.9 Å². The lowest BCUT2D eigenvalue weighted by Gasteiger charge is -2.11. The Morgan fingerprint density at radius 1 is 1.24 bits per heavy atom. The molecule has 5 N–H and O–H groups in total. The Balaban J connectivity index is 1.69. The van der Waals surface area contributed by atoms with E-state index in [0.29, 0.717) is 10.6 Å². The highest BCUT2D eigenvalue weighted by Crippen LogP contribution is 2.37. The topological polar surface area (TPSA) is 168 Å². The van der Waals surface area contributed by atoms with E-state index in [4.69, 9.17) is 16.2 Å². The predicted molar refractivity (Wildman–Crippen MR) is 106 cm³/mol. The molecule has 11 heteroatoms. The predicted octanol–water partition coefficient (Wildman–Crippen LogP) is 2.01. The molecule has 0 unspecified atom stereocenters. The van der Waals surface area contributed by atoms with Crippen LogP contribution < -0.4 is 16.8 Å². The van der Waals surface area contributed by atoms with Crippen molar-refractivity contribution in [3.05, 3.63) is 49.9 Å². The Morgan fingerprint density at radius 3 is 2.66 bits per heavy atom. The van der Waals surface area contributed by atoms with Crippen molar-refractivity contribution in [2.24, 2.45) is 5.73 Å². The average Bonchev–Trinajstić information content (AvgIpc) is 3.04. The number of benzene rings is 1. The number of anilines is 2. The molecule has 3 rings (SSSR count). The summed E-state index contributed by atoms with van der Waals surface area (Å²) in [6.45, 7) is -0.651. The number of amides is 2. The Kier molecular flexibility index (Phi) is 5.78. The molecule has 10 nitrogen and oxygen atoms in total. The van der Waals surface area contributed by atoms with Crippen molar-refractivity contribution in [1.29, 1.82) is 0 Å². The minimum Gasteiger partial charge on any atom is -0.452 e. The van der Waals surface area contributed by atoms with Crippen LogP contribution in [0.15, 0.2) is 18.2 Å². The van der Waals surface area contributed by atoms with Crippen LogP contribution >= 0.6 is 11.3 Å². The van der Waals surface area contributed by atoms with Crippen LogP contribution in [0.4, 0.5) is 16.4 Å². The summed E-state index contributed by atoms with van der Waals surface area (Å²) in [5, 5.41) is 13.7. The standard InChI is InChI=1S/C18H18N4O6S/c19-12-6-5-9(22(26)27)7-11(12)18(25)28-8-14(23)21-17-15(16(20)24)10-3-1-2-4-13(10)29-17/h5-7H,1-4,8,19H2,(H2,20,24)(H,21,23). The molecule has 0 saturated carbocycles. The van der Waals surface area contributed by atoms with E-state index in [1.807, 2.05) is 0 Å². The Bertz CT molecular complexity index is 1020. The molecular weight excluding hydrogens is 400 g/mol. The SMILES string of the molecule is NC(=O)c1c(NC(=O)COC(=O)c2cc([N+](=O)[O-])ccc2N)sc2c1CCCC2. The zero-order chi connectivity index (χ0) is 21.1. The van der Waals surface area contributed by atoms with Crippen molar-refractivity contribution >= 4 is 45.5 Å². The lowest BCUT2D eigenvalue weighted by atomic mass is 9.95. The molecule has 1 heterocycles. The molecule has 1 aliphatic carbocycles. The Hall–Kier alpha value is -3.47. The largest absolute Gasteiger partial charge is 0.452 e. The number of fused-ring (bicyclic) bond motifs is 1. The first-order chi connectivity index (χ1) is 13.8. The lowest BCUT2D eigenvalue weighted by Crippen LogP contribution is -2.23. The van der Waals surface area contributed by atoms with E-state index in [2.05, 4.69) is 5.32 Å². The zero-order valence-electron chi connectivity index (χ0n) is 15.2. The van der Waals surface area contributed by atoms with Crippen molar-refractivity contribution in [1.82, 2.24) is 0 Å². The van der Waals surface area contributed by atoms with Crippen molar-refractivity contribution in [2.75, 3.05) is 17.7 Å². The number of nitro groups is 1. The van der Waals surface area contributed by atoms with Crippen LogP contribution in [0.2, 0.25) is 0 Å². The third-order valence-electron chi connectivity index (χ3n) is 4.47. The summed E-state index contributed by atoms with van der Waals surface area (Å²) in [5.74, 6) is -2.26. The number of hydrogen-bond donors (Lipinski definition) is 3. The molecule has 0 spiro atoms. The molecule has 1 aromatic carbocycles. The maximum atomic E-state index is 12.2. The first-order valence-electron chi connectivity index (χ1n) is 8.73. The lowest BCUT2D eigenvalue weighted by molar-refractivity contribution is -0.384. The number of nitrogen functional groups attached to an aromatic ring is 1. The number of ether oxygens (including phenoxy) is 1. The van der Waals surface area contributed by atoms with Crippen LogP contribution in [0.25, 0.3) is 0 Å². The van der Waals surface area contributed by atoms with Crippen LogP contribution in [-0.4, -0.2) is 29.3 Å². The molecule has 2 amide bonds. The van der Waals surface area contributed by atoms with Gasteiger partial charge in [-0.05, 0) is 37.3 Å². The number of non-ortho nitro benzene ring substituents is 1. The third-order valence-corrected chi connectivity index (χ3v) is 5.68. The Labute approximate surface area is 169 Å². The third kappa shape index (κ3) is 4.35. The summed E-state index contributed by atoms with van der Waals surface area (Å²) in [4.78, 5) is 47.4. The second kappa shape index (κ2) is 8.27. The summed E-state index contributed by atoms with van der Waals surface area (Å²) in [7, 11) is 0. The van der Waals surface area contributed by atoms with Crippen LogP contribution in [0.3, 0.4) is 0 Å². The number of carbonyl (C=O) groups excluding carboxylic acids is 3. The van der Waals surface area contributed by atoms with Crippen molar-refractivity contribution in [3.8, 4) is 0 Å². The summed E-state index contributed by atoms with van der Waals surface area (Å²) >= 11 is 1.29. The van der Waals surface area contributed by atoms with E-state index in [1.165, 1.54) is 17.4 Å². The number of rotatable bonds is 6. The first kappa shape index (κ1) is 20.3. The van der Waals surface area contributed by atoms with Crippen LogP contribution in [0.5, 0.6) is 0 Å². The van der Waals surface area contributed by atoms with Gasteiger partial charge in [-0.3, -0.25) is 19.7 Å². The smallest absolute Gasteiger partial charge is 0.341 e. The average molecular weight is 418 g/mol. The molecule has 0 aliphatic heterocycles. The number of nitro benzene ring substituents is 1. The van der Waals surface area contributed by atoms with Crippen LogP contribution in [0, 0.1) is 10.1 Å². The molecule has 0 saturated heterocycles. The number of nitrogens with zero attached hydrogens (tertiary/aromatic N) is 1. The summed E-state index contributed by atoms with van der Waals surface area (Å²) in [6, 6.07) is 3.35. The van der Waals surface area contributed by atoms with Gasteiger partial charge in [0.25, 0.3) is 17.5 Å². The molecule has 1 aliphatic rings. The maximum absolute atomic E-state index is 12.2. The highest BCUT2D eigenvalue weighted by atomic mass is 32.1. The monoisotopic (exact) mass is 418 g/mol. The normalized spacial score (nSPS) is 12.7. The van der Waals surface area contributed by atoms with Crippen LogP contribution in [-0.2, 0) is 22.4 Å². The molecule has 2 aromatic rings. The second-order valence-corrected chi connectivity index (χ2v) is 7.54. The van der Waals surface area contributed by atoms with Gasteiger partial charge in [-0.2, -0.15) is 0 Å². The zero-order valence-corrected chi connectivity index (χ0v) is 16.0. The van der Waals surface area contributed by atoms with E-state index in [1.54, 1.807) is 0 Å². The molecule has 0 radical (unpaired) electrons. The summed E-state index contributed by atoms with van der Waals surface area (Å²) < 4.78 is 4.91. The van der Waals surface area contributed by atoms with Gasteiger partial charge in [-0.15, -0.1) is 11.3 Å². The van der Waals surface area contributed by atoms with Crippen LogP contribution in [0.1, 0.15) is 44.0 Å². The van der Waals surface area contributed by atoms with Gasteiger partial charge in [-0.1, -0.05) is 0 Å². The minimum absolute atomic E-state index is 0.0112. The van der Waals surface area contributed by atoms with Gasteiger partial charge in [0.2, 0.25) is 0 Å². The van der Waals surface area contributed by atoms with Gasteiger partial charge in [0.1, 0.15) is 5.00 Å². The molecule has 1 aromatic heterocycles.